The molecule has 1 fully saturated rings. The van der Waals surface area contributed by atoms with E-state index in [9.17, 15) is 4.79 Å². The zero-order valence-electron chi connectivity index (χ0n) is 13.5. The van der Waals surface area contributed by atoms with Gasteiger partial charge < -0.3 is 9.64 Å². The lowest BCUT2D eigenvalue weighted by atomic mass is 10.1. The normalized spacial score (nSPS) is 17.7. The van der Waals surface area contributed by atoms with Gasteiger partial charge in [0.05, 0.1) is 29.8 Å². The van der Waals surface area contributed by atoms with Gasteiger partial charge in [-0.1, -0.05) is 0 Å². The second kappa shape index (κ2) is 6.87. The number of rotatable bonds is 5. The number of hydrogen-bond acceptors (Lipinski definition) is 5. The summed E-state index contributed by atoms with van der Waals surface area (Å²) in [6.45, 7) is 3.68. The molecule has 0 bridgehead atoms. The van der Waals surface area contributed by atoms with E-state index in [1.54, 1.807) is 18.6 Å². The number of ether oxygens (including phenoxy) is 1. The van der Waals surface area contributed by atoms with Gasteiger partial charge in [-0.25, -0.2) is 0 Å². The van der Waals surface area contributed by atoms with Crippen LogP contribution in [0.4, 0.5) is 0 Å². The predicted molar refractivity (Wildman–Crippen MR) is 84.5 cm³/mol. The highest BCUT2D eigenvalue weighted by Crippen LogP contribution is 2.31. The third-order valence-electron chi connectivity index (χ3n) is 4.13. The van der Waals surface area contributed by atoms with Crippen molar-refractivity contribution in [2.45, 2.75) is 32.4 Å². The van der Waals surface area contributed by atoms with Gasteiger partial charge in [0.25, 0.3) is 0 Å². The molecule has 1 atom stereocenters. The first kappa shape index (κ1) is 15.6. The Hall–Kier alpha value is -2.28. The van der Waals surface area contributed by atoms with E-state index >= 15 is 0 Å². The molecule has 2 aromatic rings. The van der Waals surface area contributed by atoms with Gasteiger partial charge in [0.1, 0.15) is 12.3 Å². The fraction of sp³-hybridized carbons (Fsp3) is 0.500. The minimum Gasteiger partial charge on any atom is -0.375 e. The van der Waals surface area contributed by atoms with Crippen LogP contribution in [0.3, 0.4) is 0 Å². The van der Waals surface area contributed by atoms with Crippen molar-refractivity contribution in [2.75, 3.05) is 20.3 Å². The van der Waals surface area contributed by atoms with Crippen LogP contribution in [0.25, 0.3) is 11.4 Å². The van der Waals surface area contributed by atoms with Crippen molar-refractivity contribution in [2.24, 2.45) is 0 Å². The maximum absolute atomic E-state index is 12.1. The van der Waals surface area contributed by atoms with Crippen LogP contribution in [0, 0.1) is 0 Å². The van der Waals surface area contributed by atoms with Gasteiger partial charge >= 0.3 is 0 Å². The fourth-order valence-electron chi connectivity index (χ4n) is 3.02. The summed E-state index contributed by atoms with van der Waals surface area (Å²) in [6, 6.07) is 1.92. The van der Waals surface area contributed by atoms with Crippen LogP contribution >= 0.6 is 0 Å². The van der Waals surface area contributed by atoms with Crippen LogP contribution in [-0.2, 0) is 16.1 Å². The molecular weight excluding hydrogens is 294 g/mol. The van der Waals surface area contributed by atoms with Crippen molar-refractivity contribution >= 4 is 5.91 Å². The van der Waals surface area contributed by atoms with Crippen LogP contribution in [0.1, 0.15) is 31.5 Å². The Morgan fingerprint density at radius 3 is 2.96 bits per heavy atom. The van der Waals surface area contributed by atoms with Crippen molar-refractivity contribution < 1.29 is 9.53 Å². The molecular formula is C16H21N5O2. The third kappa shape index (κ3) is 3.10. The molecule has 2 aromatic heterocycles. The first-order valence-electron chi connectivity index (χ1n) is 7.87. The topological polar surface area (TPSA) is 73.1 Å². The van der Waals surface area contributed by atoms with Crippen LogP contribution < -0.4 is 0 Å². The molecule has 0 aromatic carbocycles. The average Bonchev–Trinajstić information content (AvgIpc) is 3.24. The largest absolute Gasteiger partial charge is 0.375 e. The molecule has 1 aliphatic heterocycles. The van der Waals surface area contributed by atoms with Crippen LogP contribution in [0.15, 0.2) is 24.7 Å². The molecule has 3 heterocycles. The number of carbonyl (C=O) groups excluding carboxylic acids is 1. The van der Waals surface area contributed by atoms with E-state index in [0.29, 0.717) is 0 Å². The molecule has 23 heavy (non-hydrogen) atoms. The number of likely N-dealkylation sites (tertiary alicyclic amines) is 1. The Bertz CT molecular complexity index is 667. The van der Waals surface area contributed by atoms with E-state index in [4.69, 9.17) is 4.74 Å². The number of nitrogens with zero attached hydrogens (tertiary/aromatic N) is 5. The molecule has 0 saturated carbocycles. The minimum absolute atomic E-state index is 0.00436. The van der Waals surface area contributed by atoms with E-state index < -0.39 is 0 Å². The lowest BCUT2D eigenvalue weighted by molar-refractivity contribution is -0.136. The molecule has 0 spiro atoms. The van der Waals surface area contributed by atoms with Gasteiger partial charge in [-0.15, -0.1) is 0 Å². The highest BCUT2D eigenvalue weighted by molar-refractivity contribution is 5.78. The molecule has 122 valence electrons. The van der Waals surface area contributed by atoms with Gasteiger partial charge in [0, 0.05) is 26.4 Å². The van der Waals surface area contributed by atoms with Gasteiger partial charge in [0.15, 0.2) is 0 Å². The molecule has 0 aliphatic carbocycles. The first-order chi connectivity index (χ1) is 11.2. The zero-order valence-corrected chi connectivity index (χ0v) is 13.5. The van der Waals surface area contributed by atoms with E-state index in [1.165, 1.54) is 7.11 Å². The second-order valence-corrected chi connectivity index (χ2v) is 5.54. The van der Waals surface area contributed by atoms with Gasteiger partial charge in [0.2, 0.25) is 5.91 Å². The van der Waals surface area contributed by atoms with Gasteiger partial charge in [-0.2, -0.15) is 5.10 Å². The first-order valence-corrected chi connectivity index (χ1v) is 7.87. The van der Waals surface area contributed by atoms with E-state index in [0.717, 1.165) is 43.0 Å². The van der Waals surface area contributed by atoms with Crippen molar-refractivity contribution in [3.05, 3.63) is 30.4 Å². The maximum Gasteiger partial charge on any atom is 0.249 e. The smallest absolute Gasteiger partial charge is 0.249 e. The summed E-state index contributed by atoms with van der Waals surface area (Å²) in [5, 5.41) is 4.25. The lowest BCUT2D eigenvalue weighted by Crippen LogP contribution is -2.33. The Balaban J connectivity index is 1.80. The summed E-state index contributed by atoms with van der Waals surface area (Å²) in [7, 11) is 1.54. The number of hydrogen-bond donors (Lipinski definition) is 0. The molecule has 7 nitrogen and oxygen atoms in total. The summed E-state index contributed by atoms with van der Waals surface area (Å²) in [5.41, 5.74) is 2.57. The molecule has 0 radical (unpaired) electrons. The summed E-state index contributed by atoms with van der Waals surface area (Å²) in [5.74, 6) is 0.00457. The van der Waals surface area contributed by atoms with E-state index in [-0.39, 0.29) is 18.6 Å². The Kier molecular flexibility index (Phi) is 4.66. The fourth-order valence-corrected chi connectivity index (χ4v) is 3.02. The molecule has 0 N–H and O–H groups in total. The molecule has 1 aliphatic rings. The molecule has 7 heteroatoms. The van der Waals surface area contributed by atoms with Crippen molar-refractivity contribution in [1.82, 2.24) is 24.6 Å². The Labute approximate surface area is 135 Å². The number of aryl methyl sites for hydroxylation is 1. The van der Waals surface area contributed by atoms with E-state index in [1.807, 2.05) is 22.6 Å². The predicted octanol–water partition coefficient (Wildman–Crippen LogP) is 1.67. The zero-order chi connectivity index (χ0) is 16.2. The number of methoxy groups -OCH3 is 1. The van der Waals surface area contributed by atoms with Crippen molar-refractivity contribution in [3.63, 3.8) is 0 Å². The standard InChI is InChI=1S/C16H21N5O2/c1-3-21-15(6-7-19-21)13-10-17-12(9-18-13)14-5-4-8-20(14)16(22)11-23-2/h6-7,9-10,14H,3-5,8,11H2,1-2H3/t14-/m1/s1. The van der Waals surface area contributed by atoms with Crippen LogP contribution in [-0.4, -0.2) is 50.8 Å². The minimum atomic E-state index is -0.00436. The summed E-state index contributed by atoms with van der Waals surface area (Å²) < 4.78 is 6.84. The highest BCUT2D eigenvalue weighted by Gasteiger charge is 2.30. The summed E-state index contributed by atoms with van der Waals surface area (Å²) in [4.78, 5) is 23.0. The molecule has 3 rings (SSSR count). The number of amides is 1. The Morgan fingerprint density at radius 2 is 2.26 bits per heavy atom. The quantitative estimate of drug-likeness (QED) is 0.839. The second-order valence-electron chi connectivity index (χ2n) is 5.54. The molecule has 1 saturated heterocycles. The average molecular weight is 315 g/mol. The highest BCUT2D eigenvalue weighted by atomic mass is 16.5. The number of aromatic nitrogens is 4. The van der Waals surface area contributed by atoms with Crippen molar-refractivity contribution in [3.8, 4) is 11.4 Å². The van der Waals surface area contributed by atoms with Gasteiger partial charge in [-0.05, 0) is 25.8 Å². The lowest BCUT2D eigenvalue weighted by Gasteiger charge is -2.23. The maximum atomic E-state index is 12.1. The monoisotopic (exact) mass is 315 g/mol. The van der Waals surface area contributed by atoms with Crippen LogP contribution in [0.5, 0.6) is 0 Å². The summed E-state index contributed by atoms with van der Waals surface area (Å²) >= 11 is 0. The summed E-state index contributed by atoms with van der Waals surface area (Å²) in [6.07, 6.45) is 7.18. The molecule has 1 amide bonds. The Morgan fingerprint density at radius 1 is 1.39 bits per heavy atom. The van der Waals surface area contributed by atoms with Gasteiger partial charge in [-0.3, -0.25) is 19.4 Å². The van der Waals surface area contributed by atoms with E-state index in [2.05, 4.69) is 15.1 Å². The SMILES string of the molecule is CCn1nccc1-c1cnc([C@H]2CCCN2C(=O)COC)cn1. The van der Waals surface area contributed by atoms with Crippen LogP contribution in [0.2, 0.25) is 0 Å². The molecule has 0 unspecified atom stereocenters. The van der Waals surface area contributed by atoms with Crippen molar-refractivity contribution in [1.29, 1.82) is 0 Å². The third-order valence-corrected chi connectivity index (χ3v) is 4.13. The number of carbonyl (C=O) groups is 1.